The second kappa shape index (κ2) is 10.1. The predicted octanol–water partition coefficient (Wildman–Crippen LogP) is 1.19. The first-order chi connectivity index (χ1) is 6.06. The zero-order valence-corrected chi connectivity index (χ0v) is 10.3. The van der Waals surface area contributed by atoms with Crippen LogP contribution >= 0.6 is 7.82 Å². The monoisotopic (exact) mass is 267 g/mol. The summed E-state index contributed by atoms with van der Waals surface area (Å²) in [5.41, 5.74) is 0. The maximum Gasteiger partial charge on any atom is 2.00 e. The van der Waals surface area contributed by atoms with E-state index >= 15 is 0 Å². The van der Waals surface area contributed by atoms with Crippen molar-refractivity contribution in [2.24, 2.45) is 0 Å². The maximum absolute atomic E-state index is 10.0. The molecule has 1 radical (unpaired) electrons. The van der Waals surface area contributed by atoms with Crippen LogP contribution in [0.2, 0.25) is 0 Å². The summed E-state index contributed by atoms with van der Waals surface area (Å²) in [4.78, 5) is 20.0. The van der Waals surface area contributed by atoms with Crippen LogP contribution in [0.5, 0.6) is 0 Å². The third-order valence-corrected chi connectivity index (χ3v) is 2.25. The average Bonchev–Trinajstić information content (AvgIpc) is 2.01. The molecule has 0 amide bonds. The second-order valence-corrected chi connectivity index (χ2v) is 4.20. The van der Waals surface area contributed by atoms with Crippen LogP contribution in [0.3, 0.4) is 0 Å². The molecular weight excluding hydrogens is 250 g/mol. The molecule has 0 bridgehead atoms. The van der Waals surface area contributed by atoms with Crippen LogP contribution in [0.15, 0.2) is 0 Å². The fraction of sp³-hybridized carbons (Fsp3) is 1.00. The quantitative estimate of drug-likeness (QED) is 0.489. The molecule has 87 valence electrons. The first-order valence-electron chi connectivity index (χ1n) is 4.73. The van der Waals surface area contributed by atoms with Gasteiger partial charge in [0.2, 0.25) is 0 Å². The zero-order valence-electron chi connectivity index (χ0n) is 8.36. The van der Waals surface area contributed by atoms with E-state index in [2.05, 4.69) is 11.4 Å². The summed E-state index contributed by atoms with van der Waals surface area (Å²) in [7, 11) is -4.73. The van der Waals surface area contributed by atoms with Gasteiger partial charge in [-0.15, -0.1) is 0 Å². The van der Waals surface area contributed by atoms with Crippen molar-refractivity contribution in [2.45, 2.75) is 45.4 Å². The van der Waals surface area contributed by atoms with Gasteiger partial charge in [0, 0.05) is 0 Å². The molecule has 0 aliphatic carbocycles. The van der Waals surface area contributed by atoms with Gasteiger partial charge in [-0.05, 0) is 6.42 Å². The van der Waals surface area contributed by atoms with Gasteiger partial charge in [0.1, 0.15) is 0 Å². The molecule has 0 saturated carbocycles. The molecule has 0 fully saturated rings. The Bertz CT molecular complexity index is 159. The van der Waals surface area contributed by atoms with Crippen LogP contribution in [0.4, 0.5) is 0 Å². The first kappa shape index (κ1) is 17.0. The number of rotatable bonds is 8. The van der Waals surface area contributed by atoms with Crippen molar-refractivity contribution < 1.29 is 35.7 Å². The van der Waals surface area contributed by atoms with E-state index in [0.717, 1.165) is 12.8 Å². The Kier molecular flexibility index (Phi) is 12.3. The van der Waals surface area contributed by atoms with Crippen molar-refractivity contribution in [1.82, 2.24) is 0 Å². The van der Waals surface area contributed by atoms with Crippen LogP contribution in [0.1, 0.15) is 45.4 Å². The van der Waals surface area contributed by atoms with Gasteiger partial charge in [0.25, 0.3) is 0 Å². The van der Waals surface area contributed by atoms with E-state index in [1.54, 1.807) is 0 Å². The Morgan fingerprint density at radius 3 is 2.07 bits per heavy atom. The molecule has 0 aliphatic heterocycles. The number of phosphoric ester groups is 1. The minimum absolute atomic E-state index is 0. The minimum Gasteiger partial charge on any atom is -0.790 e. The van der Waals surface area contributed by atoms with Gasteiger partial charge in [0.15, 0.2) is 0 Å². The van der Waals surface area contributed by atoms with Crippen LogP contribution in [-0.2, 0) is 25.9 Å². The molecule has 0 atom stereocenters. The van der Waals surface area contributed by atoms with Crippen LogP contribution < -0.4 is 9.79 Å². The number of unbranched alkanes of at least 4 members (excludes halogenated alkanes) is 5. The Morgan fingerprint density at radius 1 is 1.07 bits per heavy atom. The normalized spacial score (nSPS) is 11.1. The van der Waals surface area contributed by atoms with Crippen LogP contribution in [0, 0.1) is 0 Å². The summed E-state index contributed by atoms with van der Waals surface area (Å²) < 4.78 is 14.1. The zero-order chi connectivity index (χ0) is 10.2. The second-order valence-electron chi connectivity index (χ2n) is 3.05. The van der Waals surface area contributed by atoms with Gasteiger partial charge >= 0.3 is 16.8 Å². The Morgan fingerprint density at radius 2 is 1.57 bits per heavy atom. The molecule has 0 heterocycles. The SMILES string of the molecule is CCCCCCCCOP(=O)([O-])[O-].[Co+2]. The van der Waals surface area contributed by atoms with Gasteiger partial charge < -0.3 is 18.9 Å². The summed E-state index contributed by atoms with van der Waals surface area (Å²) in [6, 6.07) is 0. The van der Waals surface area contributed by atoms with E-state index < -0.39 is 7.82 Å². The molecule has 4 nitrogen and oxygen atoms in total. The number of hydrogen-bond acceptors (Lipinski definition) is 4. The number of hydrogen-bond donors (Lipinski definition) is 0. The Balaban J connectivity index is 0. The van der Waals surface area contributed by atoms with Crippen molar-refractivity contribution >= 4 is 7.82 Å². The number of phosphoric acid groups is 1. The Labute approximate surface area is 95.9 Å². The molecule has 0 unspecified atom stereocenters. The first-order valence-corrected chi connectivity index (χ1v) is 6.19. The van der Waals surface area contributed by atoms with E-state index in [4.69, 9.17) is 0 Å². The third-order valence-electron chi connectivity index (χ3n) is 1.75. The molecule has 0 aromatic heterocycles. The molecule has 0 N–H and O–H groups in total. The van der Waals surface area contributed by atoms with Gasteiger partial charge in [-0.2, -0.15) is 0 Å². The summed E-state index contributed by atoms with van der Waals surface area (Å²) in [6.07, 6.45) is 6.23. The molecule has 0 saturated heterocycles. The standard InChI is InChI=1S/C8H19O4P.Co/c1-2-3-4-5-6-7-8-12-13(9,10)11;/h2-8H2,1H3,(H2,9,10,11);/q;+2/p-2. The van der Waals surface area contributed by atoms with Crippen molar-refractivity contribution in [3.8, 4) is 0 Å². The van der Waals surface area contributed by atoms with E-state index in [1.807, 2.05) is 0 Å². The smallest absolute Gasteiger partial charge is 0.790 e. The average molecular weight is 267 g/mol. The fourth-order valence-electron chi connectivity index (χ4n) is 1.06. The van der Waals surface area contributed by atoms with Crippen molar-refractivity contribution in [1.29, 1.82) is 0 Å². The summed E-state index contributed by atoms with van der Waals surface area (Å²) in [6.45, 7) is 2.17. The van der Waals surface area contributed by atoms with Crippen LogP contribution in [0.25, 0.3) is 0 Å². The Hall–Kier alpha value is 0.616. The molecular formula is C8H17CoO4P. The largest absolute Gasteiger partial charge is 2.00 e. The topological polar surface area (TPSA) is 72.4 Å². The van der Waals surface area contributed by atoms with Gasteiger partial charge in [-0.1, -0.05) is 39.0 Å². The maximum atomic E-state index is 10.0. The molecule has 14 heavy (non-hydrogen) atoms. The van der Waals surface area contributed by atoms with E-state index in [1.165, 1.54) is 19.3 Å². The fourth-order valence-corrected chi connectivity index (χ4v) is 1.41. The predicted molar refractivity (Wildman–Crippen MR) is 46.9 cm³/mol. The third kappa shape index (κ3) is 15.1. The van der Waals surface area contributed by atoms with E-state index in [-0.39, 0.29) is 23.4 Å². The minimum atomic E-state index is -4.73. The summed E-state index contributed by atoms with van der Waals surface area (Å²) in [5, 5.41) is 0. The van der Waals surface area contributed by atoms with E-state index in [0.29, 0.717) is 6.42 Å². The molecule has 0 aliphatic rings. The molecule has 0 spiro atoms. The molecule has 0 aromatic carbocycles. The van der Waals surface area contributed by atoms with Gasteiger partial charge in [-0.25, -0.2) is 0 Å². The van der Waals surface area contributed by atoms with Crippen molar-refractivity contribution in [3.05, 3.63) is 0 Å². The summed E-state index contributed by atoms with van der Waals surface area (Å²) in [5.74, 6) is 0. The van der Waals surface area contributed by atoms with Crippen molar-refractivity contribution in [2.75, 3.05) is 6.61 Å². The van der Waals surface area contributed by atoms with Gasteiger partial charge in [0.05, 0.1) is 14.4 Å². The molecule has 0 aromatic rings. The molecule has 0 rings (SSSR count). The van der Waals surface area contributed by atoms with Crippen molar-refractivity contribution in [3.63, 3.8) is 0 Å². The van der Waals surface area contributed by atoms with Gasteiger partial charge in [-0.3, -0.25) is 0 Å². The summed E-state index contributed by atoms with van der Waals surface area (Å²) >= 11 is 0. The van der Waals surface area contributed by atoms with Crippen LogP contribution in [-0.4, -0.2) is 6.61 Å². The molecule has 6 heteroatoms. The van der Waals surface area contributed by atoms with E-state index in [9.17, 15) is 14.4 Å².